The molecule has 6 heteroatoms. The van der Waals surface area contributed by atoms with Gasteiger partial charge < -0.3 is 0 Å². The van der Waals surface area contributed by atoms with Gasteiger partial charge in [-0.15, -0.1) is 68.0 Å². The molecule has 7 aromatic rings. The van der Waals surface area contributed by atoms with Crippen LogP contribution in [0.4, 0.5) is 0 Å². The van der Waals surface area contributed by atoms with Gasteiger partial charge in [0.2, 0.25) is 0 Å². The molecule has 0 N–H and O–H groups in total. The zero-order valence-corrected chi connectivity index (χ0v) is 18.7. The first kappa shape index (κ1) is 14.3. The average Bonchev–Trinajstić information content (AvgIpc) is 3.36. The number of rotatable bonds is 0. The summed E-state index contributed by atoms with van der Waals surface area (Å²) >= 11 is 12.1. The lowest BCUT2D eigenvalue weighted by atomic mass is 9.83. The van der Waals surface area contributed by atoms with Gasteiger partial charge in [-0.3, -0.25) is 0 Å². The molecule has 6 heterocycles. The minimum atomic E-state index is 0.629. The quantitative estimate of drug-likeness (QED) is 0.219. The van der Waals surface area contributed by atoms with Crippen molar-refractivity contribution >= 4 is 127 Å². The van der Waals surface area contributed by atoms with Crippen molar-refractivity contribution in [2.75, 3.05) is 0 Å². The zero-order valence-electron chi connectivity index (χ0n) is 13.8. The van der Waals surface area contributed by atoms with Crippen molar-refractivity contribution in [1.29, 1.82) is 0 Å². The molecule has 0 radical (unpaired) electrons. The highest BCUT2D eigenvalue weighted by atomic mass is 32.2. The molecule has 2 atom stereocenters. The van der Waals surface area contributed by atoms with Gasteiger partial charge in [0.05, 0.1) is 16.1 Å². The molecule has 0 spiro atoms. The van der Waals surface area contributed by atoms with E-state index in [0.29, 0.717) is 11.8 Å². The van der Waals surface area contributed by atoms with Crippen molar-refractivity contribution in [3.63, 3.8) is 0 Å². The molecule has 0 bridgehead atoms. The van der Waals surface area contributed by atoms with Crippen LogP contribution in [0.5, 0.6) is 0 Å². The summed E-state index contributed by atoms with van der Waals surface area (Å²) in [6.45, 7) is 4.90. The van der Waals surface area contributed by atoms with Crippen LogP contribution in [-0.4, -0.2) is 0 Å². The van der Waals surface area contributed by atoms with E-state index in [0.717, 1.165) is 0 Å². The van der Waals surface area contributed by atoms with Crippen LogP contribution in [0.25, 0.3) is 59.1 Å². The molecule has 0 saturated heterocycles. The summed E-state index contributed by atoms with van der Waals surface area (Å²) in [6.07, 6.45) is 0. The monoisotopic (exact) mass is 442 g/mol. The minimum Gasteiger partial charge on any atom is -0.132 e. The molecule has 0 amide bonds. The lowest BCUT2D eigenvalue weighted by molar-refractivity contribution is 0.646. The van der Waals surface area contributed by atoms with E-state index in [1.807, 2.05) is 45.3 Å². The van der Waals surface area contributed by atoms with Crippen molar-refractivity contribution in [3.8, 4) is 0 Å². The summed E-state index contributed by atoms with van der Waals surface area (Å²) in [4.78, 5) is 3.28. The molecule has 1 aliphatic rings. The highest BCUT2D eigenvalue weighted by molar-refractivity contribution is 7.51. The van der Waals surface area contributed by atoms with Gasteiger partial charge in [-0.1, -0.05) is 13.8 Å². The Hall–Kier alpha value is -0.760. The third-order valence-corrected chi connectivity index (χ3v) is 13.9. The Labute approximate surface area is 172 Å². The van der Waals surface area contributed by atoms with Crippen LogP contribution in [0.1, 0.15) is 35.4 Å². The first-order valence-electron chi connectivity index (χ1n) is 8.66. The van der Waals surface area contributed by atoms with Crippen LogP contribution in [0, 0.1) is 0 Å². The third-order valence-electron chi connectivity index (χ3n) is 6.31. The minimum absolute atomic E-state index is 0.629. The lowest BCUT2D eigenvalue weighted by Crippen LogP contribution is -2.06. The molecule has 0 aliphatic heterocycles. The Morgan fingerprint density at radius 2 is 1.00 bits per heavy atom. The first-order chi connectivity index (χ1) is 12.7. The normalized spacial score (nSPS) is 20.7. The Morgan fingerprint density at radius 1 is 0.538 bits per heavy atom. The van der Waals surface area contributed by atoms with Crippen LogP contribution in [0.2, 0.25) is 0 Å². The van der Waals surface area contributed by atoms with Gasteiger partial charge >= 0.3 is 0 Å². The Bertz CT molecular complexity index is 1540. The molecular formula is C20H10S6. The second-order valence-corrected chi connectivity index (χ2v) is 14.4. The fourth-order valence-corrected chi connectivity index (χ4v) is 13.4. The second-order valence-electron chi connectivity index (χ2n) is 7.41. The number of thiophene rings is 6. The smallest absolute Gasteiger partial charge is 0.0896 e. The topological polar surface area (TPSA) is 0 Å². The second kappa shape index (κ2) is 4.29. The molecule has 0 fully saturated rings. The van der Waals surface area contributed by atoms with Gasteiger partial charge in [0.25, 0.3) is 0 Å². The molecule has 2 unspecified atom stereocenters. The van der Waals surface area contributed by atoms with Crippen LogP contribution in [-0.2, 0) is 0 Å². The van der Waals surface area contributed by atoms with E-state index in [-0.39, 0.29) is 0 Å². The molecule has 0 saturated carbocycles. The molecule has 6 aromatic heterocycles. The van der Waals surface area contributed by atoms with Gasteiger partial charge in [0.1, 0.15) is 0 Å². The molecule has 1 aromatic carbocycles. The molecule has 0 nitrogen and oxygen atoms in total. The van der Waals surface area contributed by atoms with Gasteiger partial charge in [-0.2, -0.15) is 0 Å². The Morgan fingerprint density at radius 3 is 1.46 bits per heavy atom. The largest absolute Gasteiger partial charge is 0.132 e. The molecule has 26 heavy (non-hydrogen) atoms. The van der Waals surface area contributed by atoms with Gasteiger partial charge in [0, 0.05) is 63.6 Å². The van der Waals surface area contributed by atoms with Crippen molar-refractivity contribution in [3.05, 3.63) is 20.5 Å². The fourth-order valence-electron chi connectivity index (χ4n) is 4.91. The lowest BCUT2D eigenvalue weighted by Gasteiger charge is -2.23. The van der Waals surface area contributed by atoms with Crippen molar-refractivity contribution in [2.24, 2.45) is 0 Å². The SMILES string of the molecule is CC1c2sc3sc4scc5c6csc7sc8sc(c(c2c3c45)c8c76)C1C. The standard InChI is InChI=1S/C20H10S6/c1-5-6(2)16-12-11-13-9-7(3-21-17(9)25-19(13)23-15(5)11)8-4-22-18-10(8)14(12)20(24-16)26-18/h3-6H,1-2H3. The molecule has 126 valence electrons. The zero-order chi connectivity index (χ0) is 16.9. The highest BCUT2D eigenvalue weighted by Gasteiger charge is 2.34. The predicted octanol–water partition coefficient (Wildman–Crippen LogP) is 9.63. The van der Waals surface area contributed by atoms with E-state index in [9.17, 15) is 0 Å². The van der Waals surface area contributed by atoms with Crippen LogP contribution >= 0.6 is 68.0 Å². The molecule has 1 aliphatic carbocycles. The molecular weight excluding hydrogens is 433 g/mol. The fraction of sp³-hybridized carbons (Fsp3) is 0.200. The van der Waals surface area contributed by atoms with Gasteiger partial charge in [0.15, 0.2) is 0 Å². The summed E-state index contributed by atoms with van der Waals surface area (Å²) in [5, 5.41) is 17.3. The van der Waals surface area contributed by atoms with E-state index < -0.39 is 0 Å². The maximum atomic E-state index is 2.45. The summed E-state index contributed by atoms with van der Waals surface area (Å²) < 4.78 is 6.13. The summed E-state index contributed by atoms with van der Waals surface area (Å²) in [7, 11) is 0. The number of hydrogen-bond donors (Lipinski definition) is 0. The van der Waals surface area contributed by atoms with Crippen molar-refractivity contribution < 1.29 is 0 Å². The van der Waals surface area contributed by atoms with Gasteiger partial charge in [-0.25, -0.2) is 0 Å². The Balaban J connectivity index is 1.93. The number of hydrogen-bond acceptors (Lipinski definition) is 6. The maximum Gasteiger partial charge on any atom is 0.0896 e. The van der Waals surface area contributed by atoms with E-state index >= 15 is 0 Å². The van der Waals surface area contributed by atoms with E-state index in [1.165, 1.54) is 18.8 Å². The summed E-state index contributed by atoms with van der Waals surface area (Å²) in [5.74, 6) is 1.26. The van der Waals surface area contributed by atoms with Crippen LogP contribution in [0.3, 0.4) is 0 Å². The van der Waals surface area contributed by atoms with Crippen LogP contribution < -0.4 is 0 Å². The summed E-state index contributed by atoms with van der Waals surface area (Å²) in [6, 6.07) is 0. The van der Waals surface area contributed by atoms with Crippen molar-refractivity contribution in [1.82, 2.24) is 0 Å². The van der Waals surface area contributed by atoms with E-state index in [2.05, 4.69) is 47.3 Å². The van der Waals surface area contributed by atoms with Crippen LogP contribution in [0.15, 0.2) is 10.8 Å². The predicted molar refractivity (Wildman–Crippen MR) is 127 cm³/mol. The first-order valence-corrected chi connectivity index (χ1v) is 13.7. The molecule has 8 rings (SSSR count). The highest BCUT2D eigenvalue weighted by Crippen LogP contribution is 2.61. The maximum absolute atomic E-state index is 2.45. The van der Waals surface area contributed by atoms with E-state index in [1.54, 1.807) is 50.1 Å². The number of fused-ring (bicyclic) bond motifs is 1. The third kappa shape index (κ3) is 1.32. The van der Waals surface area contributed by atoms with Gasteiger partial charge in [-0.05, 0) is 11.8 Å². The van der Waals surface area contributed by atoms with E-state index in [4.69, 9.17) is 0 Å². The average molecular weight is 443 g/mol. The van der Waals surface area contributed by atoms with Crippen molar-refractivity contribution in [2.45, 2.75) is 25.7 Å². The Kier molecular flexibility index (Phi) is 2.35. The summed E-state index contributed by atoms with van der Waals surface area (Å²) in [5.41, 5.74) is 0.